The van der Waals surface area contributed by atoms with Crippen LogP contribution in [0.2, 0.25) is 0 Å². The summed E-state index contributed by atoms with van der Waals surface area (Å²) in [5.41, 5.74) is 0.965. The first-order valence-corrected chi connectivity index (χ1v) is 9.76. The van der Waals surface area contributed by atoms with Crippen molar-refractivity contribution in [1.82, 2.24) is 0 Å². The van der Waals surface area contributed by atoms with E-state index in [0.29, 0.717) is 5.69 Å². The molecule has 0 bridgehead atoms. The van der Waals surface area contributed by atoms with Crippen LogP contribution in [0.25, 0.3) is 0 Å². The number of rotatable bonds is 6. The highest BCUT2D eigenvalue weighted by atomic mass is 16.5. The second kappa shape index (κ2) is 10.4. The second-order valence-corrected chi connectivity index (χ2v) is 6.93. The number of benzene rings is 1. The molecule has 1 aliphatic carbocycles. The van der Waals surface area contributed by atoms with Crippen molar-refractivity contribution in [2.45, 2.75) is 52.4 Å². The number of hydrogen-bond acceptors (Lipinski definition) is 5. The molecule has 0 aromatic heterocycles. The van der Waals surface area contributed by atoms with Crippen LogP contribution in [-0.2, 0) is 19.1 Å². The molecule has 9 nitrogen and oxygen atoms in total. The van der Waals surface area contributed by atoms with Crippen molar-refractivity contribution in [3.63, 3.8) is 0 Å². The minimum absolute atomic E-state index is 0.0874. The fraction of sp³-hybridized carbons (Fsp3) is 0.500. The molecule has 0 heterocycles. The molecule has 0 atom stereocenters. The average Bonchev–Trinajstić information content (AvgIpc) is 2.71. The maximum Gasteiger partial charge on any atom is 0.411 e. The van der Waals surface area contributed by atoms with Crippen LogP contribution in [0.5, 0.6) is 0 Å². The number of methoxy groups -OCH3 is 1. The smallest absolute Gasteiger partial charge is 0.411 e. The van der Waals surface area contributed by atoms with E-state index in [2.05, 4.69) is 26.0 Å². The number of carbonyl (C=O) groups excluding carboxylic acids is 4. The van der Waals surface area contributed by atoms with E-state index < -0.39 is 12.0 Å². The third-order valence-corrected chi connectivity index (χ3v) is 4.75. The molecule has 1 aromatic carbocycles. The Morgan fingerprint density at radius 2 is 1.52 bits per heavy atom. The first-order valence-electron chi connectivity index (χ1n) is 9.76. The molecule has 0 saturated heterocycles. The van der Waals surface area contributed by atoms with Crippen LogP contribution in [-0.4, -0.2) is 30.9 Å². The van der Waals surface area contributed by atoms with E-state index in [1.807, 2.05) is 0 Å². The molecule has 1 aliphatic rings. The van der Waals surface area contributed by atoms with Gasteiger partial charge in [0.05, 0.1) is 29.9 Å². The zero-order chi connectivity index (χ0) is 21.4. The van der Waals surface area contributed by atoms with Crippen LogP contribution in [0.15, 0.2) is 12.1 Å². The molecule has 1 aromatic rings. The van der Waals surface area contributed by atoms with E-state index in [1.165, 1.54) is 20.1 Å². The van der Waals surface area contributed by atoms with Crippen LogP contribution in [0.1, 0.15) is 52.4 Å². The van der Waals surface area contributed by atoms with Crippen LogP contribution < -0.4 is 21.3 Å². The Kier molecular flexibility index (Phi) is 7.99. The van der Waals surface area contributed by atoms with Crippen molar-refractivity contribution >= 4 is 46.6 Å². The van der Waals surface area contributed by atoms with Gasteiger partial charge in [-0.15, -0.1) is 0 Å². The van der Waals surface area contributed by atoms with Gasteiger partial charge in [-0.05, 0) is 25.0 Å². The van der Waals surface area contributed by atoms with Crippen LogP contribution in [0.3, 0.4) is 0 Å². The van der Waals surface area contributed by atoms with Crippen LogP contribution >= 0.6 is 0 Å². The van der Waals surface area contributed by atoms with Crippen molar-refractivity contribution in [2.75, 3.05) is 28.4 Å². The molecule has 4 amide bonds. The van der Waals surface area contributed by atoms with E-state index in [9.17, 15) is 19.2 Å². The molecule has 0 aliphatic heterocycles. The predicted octanol–water partition coefficient (Wildman–Crippen LogP) is 3.69. The van der Waals surface area contributed by atoms with Gasteiger partial charge >= 0.3 is 6.09 Å². The summed E-state index contributed by atoms with van der Waals surface area (Å²) >= 11 is 0. The lowest BCUT2D eigenvalue weighted by Gasteiger charge is -2.23. The lowest BCUT2D eigenvalue weighted by molar-refractivity contribution is -0.121. The third-order valence-electron chi connectivity index (χ3n) is 4.75. The monoisotopic (exact) mass is 404 g/mol. The van der Waals surface area contributed by atoms with Gasteiger partial charge in [-0.1, -0.05) is 26.2 Å². The molecule has 158 valence electrons. The van der Waals surface area contributed by atoms with Gasteiger partial charge in [0.2, 0.25) is 17.7 Å². The van der Waals surface area contributed by atoms with Crippen molar-refractivity contribution < 1.29 is 23.9 Å². The van der Waals surface area contributed by atoms with E-state index >= 15 is 0 Å². The molecular formula is C20H28N4O5. The summed E-state index contributed by atoms with van der Waals surface area (Å²) in [5.74, 6) is -0.921. The molecule has 1 saturated carbocycles. The Bertz CT molecular complexity index is 787. The molecule has 2 rings (SSSR count). The highest BCUT2D eigenvalue weighted by molar-refractivity contribution is 6.10. The minimum atomic E-state index is -0.733. The summed E-state index contributed by atoms with van der Waals surface area (Å²) < 4.78 is 4.61. The van der Waals surface area contributed by atoms with E-state index in [4.69, 9.17) is 0 Å². The molecule has 9 heteroatoms. The van der Waals surface area contributed by atoms with Gasteiger partial charge in [-0.25, -0.2) is 4.79 Å². The summed E-state index contributed by atoms with van der Waals surface area (Å²) in [5, 5.41) is 10.7. The van der Waals surface area contributed by atoms with Gasteiger partial charge in [0, 0.05) is 19.3 Å². The number of nitrogens with one attached hydrogen (secondary N) is 4. The Hall–Kier alpha value is -3.10. The van der Waals surface area contributed by atoms with Gasteiger partial charge in [-0.2, -0.15) is 0 Å². The topological polar surface area (TPSA) is 126 Å². The largest absolute Gasteiger partial charge is 0.453 e. The standard InChI is InChI=1S/C20H28N4O5/c1-4-16(26)24-18-14(22-19(27)13-8-6-5-7-9-13)10-11-15(23-20(28)29-3)17(18)21-12(2)25/h10-11,13H,4-9H2,1-3H3,(H,21,25)(H,22,27)(H,23,28)(H,24,26). The lowest BCUT2D eigenvalue weighted by Crippen LogP contribution is -2.26. The number of ether oxygens (including phenoxy) is 1. The Morgan fingerprint density at radius 1 is 0.931 bits per heavy atom. The fourth-order valence-electron chi connectivity index (χ4n) is 3.24. The molecule has 1 fully saturated rings. The molecule has 0 radical (unpaired) electrons. The number of anilines is 4. The maximum absolute atomic E-state index is 12.7. The quantitative estimate of drug-likeness (QED) is 0.575. The zero-order valence-corrected chi connectivity index (χ0v) is 17.0. The van der Waals surface area contributed by atoms with Gasteiger partial charge in [0.15, 0.2) is 0 Å². The van der Waals surface area contributed by atoms with Crippen LogP contribution in [0.4, 0.5) is 27.5 Å². The Morgan fingerprint density at radius 3 is 2.07 bits per heavy atom. The summed E-state index contributed by atoms with van der Waals surface area (Å²) in [6.45, 7) is 2.99. The van der Waals surface area contributed by atoms with Gasteiger partial charge in [-0.3, -0.25) is 19.7 Å². The fourth-order valence-corrected chi connectivity index (χ4v) is 3.24. The van der Waals surface area contributed by atoms with Gasteiger partial charge in [0.1, 0.15) is 0 Å². The average molecular weight is 404 g/mol. The van der Waals surface area contributed by atoms with Crippen molar-refractivity contribution in [3.8, 4) is 0 Å². The Labute approximate surface area is 169 Å². The first kappa shape index (κ1) is 22.2. The van der Waals surface area contributed by atoms with E-state index in [0.717, 1.165) is 32.1 Å². The Balaban J connectivity index is 2.44. The summed E-state index contributed by atoms with van der Waals surface area (Å²) in [6.07, 6.45) is 4.26. The third kappa shape index (κ3) is 6.20. The SMILES string of the molecule is CCC(=O)Nc1c(NC(=O)C2CCCCC2)ccc(NC(=O)OC)c1NC(C)=O. The van der Waals surface area contributed by atoms with Gasteiger partial charge in [0.25, 0.3) is 0 Å². The van der Waals surface area contributed by atoms with Crippen molar-refractivity contribution in [2.24, 2.45) is 5.92 Å². The molecule has 4 N–H and O–H groups in total. The predicted molar refractivity (Wildman–Crippen MR) is 111 cm³/mol. The summed E-state index contributed by atoms with van der Waals surface area (Å²) in [4.78, 5) is 48.2. The van der Waals surface area contributed by atoms with Gasteiger partial charge < -0.3 is 20.7 Å². The molecule has 29 heavy (non-hydrogen) atoms. The number of hydrogen-bond donors (Lipinski definition) is 4. The van der Waals surface area contributed by atoms with E-state index in [1.54, 1.807) is 13.0 Å². The lowest BCUT2D eigenvalue weighted by atomic mass is 9.88. The van der Waals surface area contributed by atoms with Crippen LogP contribution in [0, 0.1) is 5.92 Å². The highest BCUT2D eigenvalue weighted by Crippen LogP contribution is 2.38. The molecule has 0 spiro atoms. The second-order valence-electron chi connectivity index (χ2n) is 6.93. The highest BCUT2D eigenvalue weighted by Gasteiger charge is 2.24. The first-order chi connectivity index (χ1) is 13.8. The van der Waals surface area contributed by atoms with Crippen molar-refractivity contribution in [1.29, 1.82) is 0 Å². The van der Waals surface area contributed by atoms with E-state index in [-0.39, 0.29) is 41.2 Å². The molecular weight excluding hydrogens is 376 g/mol. The number of amides is 4. The summed E-state index contributed by atoms with van der Waals surface area (Å²) in [7, 11) is 1.21. The normalized spacial score (nSPS) is 13.9. The summed E-state index contributed by atoms with van der Waals surface area (Å²) in [6, 6.07) is 3.10. The number of carbonyl (C=O) groups is 4. The zero-order valence-electron chi connectivity index (χ0n) is 17.0. The van der Waals surface area contributed by atoms with Crippen molar-refractivity contribution in [3.05, 3.63) is 12.1 Å². The molecule has 0 unspecified atom stereocenters. The maximum atomic E-state index is 12.7. The minimum Gasteiger partial charge on any atom is -0.453 e.